The van der Waals surface area contributed by atoms with Gasteiger partial charge in [0.1, 0.15) is 11.5 Å². The summed E-state index contributed by atoms with van der Waals surface area (Å²) in [5.74, 6) is -0.335. The molecule has 0 bridgehead atoms. The van der Waals surface area contributed by atoms with Crippen molar-refractivity contribution in [2.24, 2.45) is 0 Å². The number of H-pyrrole nitrogens is 1. The number of nitrogens with zero attached hydrogens (tertiary/aromatic N) is 3. The molecule has 0 radical (unpaired) electrons. The van der Waals surface area contributed by atoms with E-state index in [1.54, 1.807) is 12.1 Å². The maximum Gasteiger partial charge on any atom is 0.348 e. The number of aromatic nitrogens is 2. The van der Waals surface area contributed by atoms with Crippen LogP contribution in [-0.4, -0.2) is 15.2 Å². The highest BCUT2D eigenvalue weighted by Crippen LogP contribution is 2.46. The molecule has 0 unspecified atom stereocenters. The van der Waals surface area contributed by atoms with Gasteiger partial charge in [0.25, 0.3) is 0 Å². The van der Waals surface area contributed by atoms with Crippen LogP contribution < -0.4 is 21.5 Å². The third-order valence-corrected chi connectivity index (χ3v) is 2.65. The van der Waals surface area contributed by atoms with Crippen molar-refractivity contribution in [3.8, 4) is 0 Å². The number of nitrogens with one attached hydrogen (secondary N) is 1. The molecular weight excluding hydrogens is 238 g/mol. The highest BCUT2D eigenvalue weighted by Gasteiger charge is 2.26. The second-order valence-electron chi connectivity index (χ2n) is 3.72. The summed E-state index contributed by atoms with van der Waals surface area (Å²) in [6, 6.07) is 6.36. The monoisotopic (exact) mass is 246 g/mol. The number of nitrogens with two attached hydrogens (primary N) is 1. The SMILES string of the molecule is Nc1[nH]c(=O)nc2c1N([O-])c1ccccc1N2O. The van der Waals surface area contributed by atoms with Gasteiger partial charge in [-0.05, 0) is 12.1 Å². The lowest BCUT2D eigenvalue weighted by molar-refractivity contribution is 0.296. The first-order chi connectivity index (χ1) is 8.59. The number of anilines is 5. The summed E-state index contributed by atoms with van der Waals surface area (Å²) in [6.45, 7) is 0. The molecule has 0 fully saturated rings. The van der Waals surface area contributed by atoms with Gasteiger partial charge in [0.2, 0.25) is 0 Å². The fraction of sp³-hybridized carbons (Fsp3) is 0. The van der Waals surface area contributed by atoms with Crippen LogP contribution in [-0.2, 0) is 0 Å². The lowest BCUT2D eigenvalue weighted by Crippen LogP contribution is -2.29. The van der Waals surface area contributed by atoms with Crippen molar-refractivity contribution in [1.29, 1.82) is 0 Å². The van der Waals surface area contributed by atoms with E-state index in [-0.39, 0.29) is 28.7 Å². The van der Waals surface area contributed by atoms with E-state index in [1.165, 1.54) is 12.1 Å². The van der Waals surface area contributed by atoms with Crippen molar-refractivity contribution >= 4 is 28.7 Å². The number of hydrogen-bond acceptors (Lipinski definition) is 7. The van der Waals surface area contributed by atoms with Crippen LogP contribution >= 0.6 is 0 Å². The van der Waals surface area contributed by atoms with Gasteiger partial charge in [-0.2, -0.15) is 4.98 Å². The summed E-state index contributed by atoms with van der Waals surface area (Å²) in [7, 11) is 0. The van der Waals surface area contributed by atoms with E-state index in [1.807, 2.05) is 0 Å². The van der Waals surface area contributed by atoms with E-state index in [0.717, 1.165) is 0 Å². The minimum Gasteiger partial charge on any atom is -0.754 e. The second kappa shape index (κ2) is 3.45. The molecule has 92 valence electrons. The minimum atomic E-state index is -0.738. The number of nitrogen functional groups attached to an aromatic ring is 1. The normalized spacial score (nSPS) is 13.2. The molecule has 1 aromatic heterocycles. The largest absolute Gasteiger partial charge is 0.754 e. The van der Waals surface area contributed by atoms with Crippen molar-refractivity contribution in [1.82, 2.24) is 9.97 Å². The molecule has 2 aromatic rings. The van der Waals surface area contributed by atoms with Crippen molar-refractivity contribution in [3.63, 3.8) is 0 Å². The minimum absolute atomic E-state index is 0.0872. The van der Waals surface area contributed by atoms with Crippen molar-refractivity contribution in [2.75, 3.05) is 15.9 Å². The number of fused-ring (bicyclic) bond motifs is 2. The van der Waals surface area contributed by atoms with Gasteiger partial charge in [0.15, 0.2) is 5.82 Å². The third kappa shape index (κ3) is 1.27. The zero-order valence-electron chi connectivity index (χ0n) is 8.99. The van der Waals surface area contributed by atoms with Gasteiger partial charge >= 0.3 is 5.69 Å². The van der Waals surface area contributed by atoms with Crippen molar-refractivity contribution in [2.45, 2.75) is 0 Å². The summed E-state index contributed by atoms with van der Waals surface area (Å²) in [5.41, 5.74) is 5.20. The molecule has 1 aliphatic rings. The molecule has 4 N–H and O–H groups in total. The van der Waals surface area contributed by atoms with Gasteiger partial charge < -0.3 is 16.0 Å². The van der Waals surface area contributed by atoms with Crippen LogP contribution in [0.1, 0.15) is 0 Å². The Labute approximate surface area is 100 Å². The predicted molar refractivity (Wildman–Crippen MR) is 65.1 cm³/mol. The van der Waals surface area contributed by atoms with E-state index >= 15 is 0 Å². The third-order valence-electron chi connectivity index (χ3n) is 2.65. The predicted octanol–water partition coefficient (Wildman–Crippen LogP) is 0.829. The molecule has 8 heteroatoms. The molecular formula is C10H8N5O3-. The highest BCUT2D eigenvalue weighted by atomic mass is 16.5. The second-order valence-corrected chi connectivity index (χ2v) is 3.72. The lowest BCUT2D eigenvalue weighted by Gasteiger charge is -2.40. The average molecular weight is 246 g/mol. The molecule has 0 saturated carbocycles. The fourth-order valence-corrected chi connectivity index (χ4v) is 1.87. The Morgan fingerprint density at radius 1 is 1.33 bits per heavy atom. The summed E-state index contributed by atoms with van der Waals surface area (Å²) < 4.78 is 0. The standard InChI is InChI=1S/C10H8N5O3/c11-8-7-9(13-10(16)12-8)15(18)6-4-2-1-3-5(6)14(7)17/h1-4,18H,(H3,11,12,13,16)/q-1. The Balaban J connectivity index is 2.33. The molecule has 3 rings (SSSR count). The van der Waals surface area contributed by atoms with Crippen LogP contribution in [0.2, 0.25) is 0 Å². The maximum absolute atomic E-state index is 12.1. The number of benzene rings is 1. The molecule has 2 heterocycles. The molecule has 1 aromatic carbocycles. The van der Waals surface area contributed by atoms with Crippen LogP contribution in [0, 0.1) is 5.21 Å². The van der Waals surface area contributed by atoms with Crippen LogP contribution in [0.4, 0.5) is 28.7 Å². The zero-order chi connectivity index (χ0) is 12.9. The van der Waals surface area contributed by atoms with Gasteiger partial charge in [0, 0.05) is 0 Å². The summed E-state index contributed by atoms with van der Waals surface area (Å²) in [5, 5.41) is 23.3. The summed E-state index contributed by atoms with van der Waals surface area (Å²) in [4.78, 5) is 17.0. The van der Waals surface area contributed by atoms with E-state index in [9.17, 15) is 15.2 Å². The van der Waals surface area contributed by atoms with Gasteiger partial charge in [-0.3, -0.25) is 10.2 Å². The average Bonchev–Trinajstić information content (AvgIpc) is 2.35. The Kier molecular flexibility index (Phi) is 2.03. The van der Waals surface area contributed by atoms with Crippen LogP contribution in [0.15, 0.2) is 29.1 Å². The maximum atomic E-state index is 12.1. The molecule has 0 spiro atoms. The molecule has 0 amide bonds. The molecule has 0 aliphatic carbocycles. The van der Waals surface area contributed by atoms with Gasteiger partial charge in [0.05, 0.1) is 11.4 Å². The van der Waals surface area contributed by atoms with Crippen LogP contribution in [0.5, 0.6) is 0 Å². The fourth-order valence-electron chi connectivity index (χ4n) is 1.87. The summed E-state index contributed by atoms with van der Waals surface area (Å²) in [6.07, 6.45) is 0. The van der Waals surface area contributed by atoms with E-state index in [2.05, 4.69) is 9.97 Å². The molecule has 0 saturated heterocycles. The van der Waals surface area contributed by atoms with E-state index in [4.69, 9.17) is 5.73 Å². The molecule has 8 nitrogen and oxygen atoms in total. The molecule has 0 atom stereocenters. The Bertz CT molecular complexity index is 683. The smallest absolute Gasteiger partial charge is 0.348 e. The first kappa shape index (κ1) is 10.6. The van der Waals surface area contributed by atoms with E-state index < -0.39 is 5.69 Å². The topological polar surface area (TPSA) is 122 Å². The molecule has 18 heavy (non-hydrogen) atoms. The number of hydrogen-bond donors (Lipinski definition) is 3. The first-order valence-corrected chi connectivity index (χ1v) is 5.04. The Hall–Kier alpha value is -2.58. The zero-order valence-corrected chi connectivity index (χ0v) is 8.99. The van der Waals surface area contributed by atoms with Crippen LogP contribution in [0.3, 0.4) is 0 Å². The van der Waals surface area contributed by atoms with E-state index in [0.29, 0.717) is 10.1 Å². The Morgan fingerprint density at radius 2 is 2.00 bits per heavy atom. The van der Waals surface area contributed by atoms with Crippen molar-refractivity contribution in [3.05, 3.63) is 40.0 Å². The highest BCUT2D eigenvalue weighted by molar-refractivity contribution is 5.94. The first-order valence-electron chi connectivity index (χ1n) is 5.04. The van der Waals surface area contributed by atoms with Gasteiger partial charge in [-0.1, -0.05) is 12.1 Å². The number of aromatic amines is 1. The van der Waals surface area contributed by atoms with Gasteiger partial charge in [-0.25, -0.2) is 9.86 Å². The number of para-hydroxylation sites is 2. The van der Waals surface area contributed by atoms with Crippen molar-refractivity contribution < 1.29 is 5.21 Å². The molecule has 1 aliphatic heterocycles. The quantitative estimate of drug-likeness (QED) is 0.629. The van der Waals surface area contributed by atoms with Gasteiger partial charge in [-0.15, -0.1) is 0 Å². The summed E-state index contributed by atoms with van der Waals surface area (Å²) >= 11 is 0. The lowest BCUT2D eigenvalue weighted by atomic mass is 10.2. The van der Waals surface area contributed by atoms with Crippen LogP contribution in [0.25, 0.3) is 0 Å². The number of rotatable bonds is 0. The Morgan fingerprint density at radius 3 is 2.72 bits per heavy atom.